The molecule has 2 rings (SSSR count). The summed E-state index contributed by atoms with van der Waals surface area (Å²) in [5.41, 5.74) is 0.681. The minimum absolute atomic E-state index is 0.0450. The van der Waals surface area contributed by atoms with Gasteiger partial charge in [0.05, 0.1) is 7.11 Å². The van der Waals surface area contributed by atoms with E-state index in [-0.39, 0.29) is 5.75 Å². The summed E-state index contributed by atoms with van der Waals surface area (Å²) < 4.78 is 4.94. The molecule has 0 radical (unpaired) electrons. The van der Waals surface area contributed by atoms with Crippen molar-refractivity contribution < 1.29 is 9.84 Å². The molecule has 1 N–H and O–H groups in total. The number of hydrogen-bond donors (Lipinski definition) is 1. The lowest BCUT2D eigenvalue weighted by molar-refractivity contribution is 0.373. The fourth-order valence-corrected chi connectivity index (χ4v) is 1.44. The van der Waals surface area contributed by atoms with Gasteiger partial charge in [0.2, 0.25) is 0 Å². The number of rotatable bonds is 2. The number of ether oxygens (including phenoxy) is 1. The summed E-state index contributed by atoms with van der Waals surface area (Å²) in [6.07, 6.45) is 1.56. The molecule has 0 saturated heterocycles. The Hall–Kier alpha value is -1.81. The minimum atomic E-state index is 0.0450. The van der Waals surface area contributed by atoms with Gasteiger partial charge < -0.3 is 9.84 Å². The Labute approximate surface area is 97.5 Å². The smallest absolute Gasteiger partial charge is 0.160 e. The van der Waals surface area contributed by atoms with E-state index in [0.717, 1.165) is 0 Å². The van der Waals surface area contributed by atoms with Crippen LogP contribution in [0.5, 0.6) is 11.5 Å². The van der Waals surface area contributed by atoms with Gasteiger partial charge in [0.25, 0.3) is 0 Å². The Morgan fingerprint density at radius 1 is 1.31 bits per heavy atom. The third kappa shape index (κ3) is 2.06. The number of phenolic OH excluding ortho intramolecular Hbond substituents is 1. The molecule has 0 bridgehead atoms. The van der Waals surface area contributed by atoms with Crippen molar-refractivity contribution in [3.05, 3.63) is 35.6 Å². The van der Waals surface area contributed by atoms with Crippen LogP contribution in [0.2, 0.25) is 5.15 Å². The number of nitrogens with zero attached hydrogens (tertiary/aromatic N) is 2. The van der Waals surface area contributed by atoms with Crippen LogP contribution < -0.4 is 4.74 Å². The number of halogens is 1. The van der Waals surface area contributed by atoms with Crippen LogP contribution in [-0.4, -0.2) is 22.2 Å². The third-order valence-corrected chi connectivity index (χ3v) is 2.27. The molecule has 0 saturated carbocycles. The molecular weight excluding hydrogens is 228 g/mol. The van der Waals surface area contributed by atoms with Crippen molar-refractivity contribution in [1.29, 1.82) is 0 Å². The van der Waals surface area contributed by atoms with Crippen LogP contribution in [0.4, 0.5) is 0 Å². The topological polar surface area (TPSA) is 55.2 Å². The molecule has 0 aliphatic carbocycles. The maximum atomic E-state index is 9.61. The Morgan fingerprint density at radius 2 is 2.12 bits per heavy atom. The first-order chi connectivity index (χ1) is 7.70. The molecule has 0 amide bonds. The van der Waals surface area contributed by atoms with Crippen molar-refractivity contribution in [2.45, 2.75) is 0 Å². The maximum Gasteiger partial charge on any atom is 0.160 e. The molecule has 82 valence electrons. The molecule has 0 spiro atoms. The summed E-state index contributed by atoms with van der Waals surface area (Å²) >= 11 is 5.75. The van der Waals surface area contributed by atoms with Crippen LogP contribution in [0.3, 0.4) is 0 Å². The SMILES string of the molecule is COc1ccc(-c2nccc(Cl)n2)cc1O. The highest BCUT2D eigenvalue weighted by Gasteiger charge is 2.06. The second-order valence-electron chi connectivity index (χ2n) is 3.09. The molecule has 5 heteroatoms. The zero-order valence-corrected chi connectivity index (χ0v) is 9.27. The van der Waals surface area contributed by atoms with Gasteiger partial charge in [-0.15, -0.1) is 0 Å². The van der Waals surface area contributed by atoms with Crippen molar-refractivity contribution in [2.75, 3.05) is 7.11 Å². The van der Waals surface area contributed by atoms with Crippen molar-refractivity contribution >= 4 is 11.6 Å². The predicted molar refractivity (Wildman–Crippen MR) is 60.7 cm³/mol. The third-order valence-electron chi connectivity index (χ3n) is 2.06. The summed E-state index contributed by atoms with van der Waals surface area (Å²) in [7, 11) is 1.49. The van der Waals surface area contributed by atoms with E-state index >= 15 is 0 Å². The molecule has 1 heterocycles. The first kappa shape index (κ1) is 10.7. The highest BCUT2D eigenvalue weighted by atomic mass is 35.5. The number of phenols is 1. The van der Waals surface area contributed by atoms with Gasteiger partial charge in [-0.25, -0.2) is 9.97 Å². The first-order valence-electron chi connectivity index (χ1n) is 4.56. The lowest BCUT2D eigenvalue weighted by atomic mass is 10.2. The fraction of sp³-hybridized carbons (Fsp3) is 0.0909. The second kappa shape index (κ2) is 4.37. The summed E-state index contributed by atoms with van der Waals surface area (Å²) in [6.45, 7) is 0. The molecular formula is C11H9ClN2O2. The number of aromatic nitrogens is 2. The molecule has 0 atom stereocenters. The summed E-state index contributed by atoms with van der Waals surface area (Å²) in [5.74, 6) is 0.916. The van der Waals surface area contributed by atoms with Gasteiger partial charge in [-0.2, -0.15) is 0 Å². The van der Waals surface area contributed by atoms with Crippen LogP contribution in [0.1, 0.15) is 0 Å². The van der Waals surface area contributed by atoms with Crippen LogP contribution >= 0.6 is 11.6 Å². The van der Waals surface area contributed by atoms with Crippen LogP contribution in [0, 0.1) is 0 Å². The highest BCUT2D eigenvalue weighted by Crippen LogP contribution is 2.29. The van der Waals surface area contributed by atoms with E-state index < -0.39 is 0 Å². The predicted octanol–water partition coefficient (Wildman–Crippen LogP) is 2.51. The van der Waals surface area contributed by atoms with Gasteiger partial charge in [-0.05, 0) is 24.3 Å². The molecule has 4 nitrogen and oxygen atoms in total. The van der Waals surface area contributed by atoms with Crippen molar-refractivity contribution in [3.8, 4) is 22.9 Å². The summed E-state index contributed by atoms with van der Waals surface area (Å²) in [5, 5.41) is 9.97. The van der Waals surface area contributed by atoms with Gasteiger partial charge in [-0.1, -0.05) is 11.6 Å². The zero-order chi connectivity index (χ0) is 11.5. The average molecular weight is 237 g/mol. The lowest BCUT2D eigenvalue weighted by Crippen LogP contribution is -1.89. The number of hydrogen-bond acceptors (Lipinski definition) is 4. The van der Waals surface area contributed by atoms with Crippen LogP contribution in [0.25, 0.3) is 11.4 Å². The molecule has 2 aromatic rings. The average Bonchev–Trinajstić information content (AvgIpc) is 2.29. The van der Waals surface area contributed by atoms with E-state index in [1.165, 1.54) is 13.2 Å². The van der Waals surface area contributed by atoms with E-state index in [9.17, 15) is 5.11 Å². The zero-order valence-electron chi connectivity index (χ0n) is 8.51. The molecule has 0 aliphatic rings. The second-order valence-corrected chi connectivity index (χ2v) is 3.48. The molecule has 0 fully saturated rings. The normalized spacial score (nSPS) is 10.1. The Balaban J connectivity index is 2.45. The minimum Gasteiger partial charge on any atom is -0.504 e. The Kier molecular flexibility index (Phi) is 2.92. The molecule has 0 unspecified atom stereocenters. The Morgan fingerprint density at radius 3 is 2.75 bits per heavy atom. The largest absolute Gasteiger partial charge is 0.504 e. The fourth-order valence-electron chi connectivity index (χ4n) is 1.30. The molecule has 1 aromatic carbocycles. The van der Waals surface area contributed by atoms with Crippen molar-refractivity contribution in [3.63, 3.8) is 0 Å². The van der Waals surface area contributed by atoms with Gasteiger partial charge in [0.15, 0.2) is 17.3 Å². The maximum absolute atomic E-state index is 9.61. The summed E-state index contributed by atoms with van der Waals surface area (Å²) in [4.78, 5) is 8.10. The van der Waals surface area contributed by atoms with Crippen LogP contribution in [-0.2, 0) is 0 Å². The van der Waals surface area contributed by atoms with E-state index in [4.69, 9.17) is 16.3 Å². The van der Waals surface area contributed by atoms with Gasteiger partial charge in [0.1, 0.15) is 5.15 Å². The van der Waals surface area contributed by atoms with Gasteiger partial charge >= 0.3 is 0 Å². The molecule has 0 aliphatic heterocycles. The van der Waals surface area contributed by atoms with E-state index in [0.29, 0.717) is 22.3 Å². The van der Waals surface area contributed by atoms with Crippen molar-refractivity contribution in [1.82, 2.24) is 9.97 Å². The standard InChI is InChI=1S/C11H9ClN2O2/c1-16-9-3-2-7(6-8(9)15)11-13-5-4-10(12)14-11/h2-6,15H,1H3. The van der Waals surface area contributed by atoms with Crippen LogP contribution in [0.15, 0.2) is 30.5 Å². The monoisotopic (exact) mass is 236 g/mol. The Bertz CT molecular complexity index is 517. The number of aromatic hydroxyl groups is 1. The molecule has 1 aromatic heterocycles. The number of methoxy groups -OCH3 is 1. The van der Waals surface area contributed by atoms with E-state index in [2.05, 4.69) is 9.97 Å². The van der Waals surface area contributed by atoms with E-state index in [1.807, 2.05) is 0 Å². The van der Waals surface area contributed by atoms with E-state index in [1.54, 1.807) is 24.4 Å². The van der Waals surface area contributed by atoms with Gasteiger partial charge in [0, 0.05) is 11.8 Å². The first-order valence-corrected chi connectivity index (χ1v) is 4.94. The lowest BCUT2D eigenvalue weighted by Gasteiger charge is -2.05. The molecule has 16 heavy (non-hydrogen) atoms. The van der Waals surface area contributed by atoms with Crippen molar-refractivity contribution in [2.24, 2.45) is 0 Å². The quantitative estimate of drug-likeness (QED) is 0.814. The number of benzene rings is 1. The van der Waals surface area contributed by atoms with Gasteiger partial charge in [-0.3, -0.25) is 0 Å². The highest BCUT2D eigenvalue weighted by molar-refractivity contribution is 6.29. The summed E-state index contributed by atoms with van der Waals surface area (Å²) in [6, 6.07) is 6.53.